The van der Waals surface area contributed by atoms with Crippen LogP contribution in [0.4, 0.5) is 18.9 Å². The number of furan rings is 1. The van der Waals surface area contributed by atoms with Gasteiger partial charge in [-0.25, -0.2) is 0 Å². The molecule has 0 saturated carbocycles. The third-order valence-electron chi connectivity index (χ3n) is 5.51. The average molecular weight is 465 g/mol. The van der Waals surface area contributed by atoms with Gasteiger partial charge >= 0.3 is 6.18 Å². The van der Waals surface area contributed by atoms with Crippen LogP contribution in [0.3, 0.4) is 0 Å². The zero-order chi connectivity index (χ0) is 24.5. The minimum absolute atomic E-state index is 0.265. The summed E-state index contributed by atoms with van der Waals surface area (Å²) in [5.41, 5.74) is 4.53. The van der Waals surface area contributed by atoms with Gasteiger partial charge in [-0.1, -0.05) is 29.8 Å². The van der Waals surface area contributed by atoms with Crippen molar-refractivity contribution in [1.29, 1.82) is 0 Å². The first-order chi connectivity index (χ1) is 16.2. The van der Waals surface area contributed by atoms with E-state index in [2.05, 4.69) is 5.32 Å². The summed E-state index contributed by atoms with van der Waals surface area (Å²) in [6, 6.07) is 16.0. The molecule has 4 rings (SSSR count). The Labute approximate surface area is 194 Å². The minimum atomic E-state index is -4.43. The van der Waals surface area contributed by atoms with Gasteiger partial charge in [-0.05, 0) is 55.3 Å². The van der Waals surface area contributed by atoms with Crippen LogP contribution >= 0.6 is 0 Å². The van der Waals surface area contributed by atoms with Crippen molar-refractivity contribution < 1.29 is 27.1 Å². The van der Waals surface area contributed by atoms with E-state index in [0.717, 1.165) is 34.2 Å². The Morgan fingerprint density at radius 2 is 1.71 bits per heavy atom. The van der Waals surface area contributed by atoms with Gasteiger partial charge in [0.15, 0.2) is 0 Å². The van der Waals surface area contributed by atoms with Gasteiger partial charge in [-0.15, -0.1) is 0 Å². The van der Waals surface area contributed by atoms with Gasteiger partial charge in [-0.3, -0.25) is 4.79 Å². The first-order valence-corrected chi connectivity index (χ1v) is 10.5. The van der Waals surface area contributed by atoms with E-state index < -0.39 is 17.6 Å². The summed E-state index contributed by atoms with van der Waals surface area (Å²) in [6.45, 7) is 3.78. The lowest BCUT2D eigenvalue weighted by molar-refractivity contribution is -0.137. The number of hydrogen-bond acceptors (Lipinski definition) is 3. The monoisotopic (exact) mass is 465 g/mol. The maximum Gasteiger partial charge on any atom is 0.416 e. The summed E-state index contributed by atoms with van der Waals surface area (Å²) in [4.78, 5) is 12.5. The fourth-order valence-electron chi connectivity index (χ4n) is 3.68. The summed E-state index contributed by atoms with van der Waals surface area (Å²) in [5, 5.41) is 3.46. The Kier molecular flexibility index (Phi) is 6.20. The molecule has 174 valence electrons. The summed E-state index contributed by atoms with van der Waals surface area (Å²) >= 11 is 0. The Morgan fingerprint density at radius 3 is 2.32 bits per heavy atom. The van der Waals surface area contributed by atoms with Gasteiger partial charge in [0.2, 0.25) is 5.91 Å². The van der Waals surface area contributed by atoms with Crippen molar-refractivity contribution >= 4 is 28.1 Å². The molecule has 3 aromatic carbocycles. The largest absolute Gasteiger partial charge is 0.496 e. The topological polar surface area (TPSA) is 51.5 Å². The lowest BCUT2D eigenvalue weighted by Gasteiger charge is -2.11. The van der Waals surface area contributed by atoms with Gasteiger partial charge < -0.3 is 14.5 Å². The summed E-state index contributed by atoms with van der Waals surface area (Å²) in [6.07, 6.45) is -1.36. The second-order valence-corrected chi connectivity index (χ2v) is 7.96. The molecule has 1 N–H and O–H groups in total. The highest BCUT2D eigenvalue weighted by atomic mass is 19.4. The number of rotatable bonds is 5. The number of methoxy groups -OCH3 is 1. The van der Waals surface area contributed by atoms with Gasteiger partial charge in [0.1, 0.15) is 11.3 Å². The molecule has 1 amide bonds. The molecular formula is C27H22F3NO3. The van der Waals surface area contributed by atoms with Crippen LogP contribution in [0.1, 0.15) is 23.6 Å². The summed E-state index contributed by atoms with van der Waals surface area (Å²) in [5.74, 6) is 0.0683. The highest BCUT2D eigenvalue weighted by Crippen LogP contribution is 2.37. The van der Waals surface area contributed by atoms with Crippen molar-refractivity contribution in [2.45, 2.75) is 20.0 Å². The lowest BCUT2D eigenvalue weighted by Crippen LogP contribution is -2.10. The molecule has 0 atom stereocenters. The van der Waals surface area contributed by atoms with Gasteiger partial charge in [0.25, 0.3) is 0 Å². The normalized spacial score (nSPS) is 12.1. The minimum Gasteiger partial charge on any atom is -0.496 e. The van der Waals surface area contributed by atoms with E-state index in [9.17, 15) is 18.0 Å². The molecule has 0 spiro atoms. The molecule has 0 unspecified atom stereocenters. The van der Waals surface area contributed by atoms with Crippen LogP contribution in [-0.2, 0) is 11.0 Å². The zero-order valence-electron chi connectivity index (χ0n) is 18.8. The molecule has 0 fully saturated rings. The van der Waals surface area contributed by atoms with Gasteiger partial charge in [0.05, 0.1) is 18.9 Å². The number of anilines is 1. The first-order valence-electron chi connectivity index (χ1n) is 10.5. The van der Waals surface area contributed by atoms with Crippen LogP contribution in [0.25, 0.3) is 27.7 Å². The van der Waals surface area contributed by atoms with Crippen LogP contribution in [0.5, 0.6) is 5.75 Å². The zero-order valence-corrected chi connectivity index (χ0v) is 18.8. The number of amides is 1. The van der Waals surface area contributed by atoms with E-state index in [0.29, 0.717) is 22.5 Å². The number of alkyl halides is 3. The Bertz CT molecular complexity index is 1370. The molecule has 4 aromatic rings. The van der Waals surface area contributed by atoms with Crippen molar-refractivity contribution in [3.63, 3.8) is 0 Å². The molecule has 0 saturated heterocycles. The Morgan fingerprint density at radius 1 is 1.03 bits per heavy atom. The van der Waals surface area contributed by atoms with Crippen LogP contribution in [-0.4, -0.2) is 13.0 Å². The standard InChI is InChI=1S/C27H22F3NO3/c1-16-4-6-18(7-5-16)23-15-34-25-14-24(33-3)21(13-22(23)25)17(2)12-26(32)31-20-10-8-19(9-11-20)27(28,29)30/h4-15H,1-3H3,(H,31,32)/b17-12+. The maximum absolute atomic E-state index is 12.7. The highest BCUT2D eigenvalue weighted by molar-refractivity contribution is 6.05. The van der Waals surface area contributed by atoms with E-state index in [1.807, 2.05) is 37.3 Å². The third kappa shape index (κ3) is 4.83. The lowest BCUT2D eigenvalue weighted by atomic mass is 9.99. The number of carbonyl (C=O) groups is 1. The quantitative estimate of drug-likeness (QED) is 0.311. The van der Waals surface area contributed by atoms with Crippen LogP contribution in [0.2, 0.25) is 0 Å². The van der Waals surface area contributed by atoms with Crippen molar-refractivity contribution in [1.82, 2.24) is 0 Å². The van der Waals surface area contributed by atoms with E-state index >= 15 is 0 Å². The molecule has 7 heteroatoms. The third-order valence-corrected chi connectivity index (χ3v) is 5.51. The second-order valence-electron chi connectivity index (χ2n) is 7.96. The van der Waals surface area contributed by atoms with E-state index in [-0.39, 0.29) is 5.69 Å². The number of hydrogen-bond donors (Lipinski definition) is 1. The molecule has 0 aliphatic heterocycles. The molecule has 4 nitrogen and oxygen atoms in total. The van der Waals surface area contributed by atoms with Crippen molar-refractivity contribution in [3.05, 3.63) is 89.7 Å². The van der Waals surface area contributed by atoms with Crippen LogP contribution in [0.15, 0.2) is 77.4 Å². The molecule has 1 heterocycles. The maximum atomic E-state index is 12.7. The first kappa shape index (κ1) is 23.2. The molecule has 34 heavy (non-hydrogen) atoms. The number of ether oxygens (including phenoxy) is 1. The Hall–Kier alpha value is -4.00. The number of allylic oxidation sites excluding steroid dienone is 1. The molecule has 0 aliphatic carbocycles. The number of nitrogens with one attached hydrogen (secondary N) is 1. The Balaban J connectivity index is 1.64. The number of halogens is 3. The van der Waals surface area contributed by atoms with E-state index in [1.165, 1.54) is 25.3 Å². The van der Waals surface area contributed by atoms with Gasteiger partial charge in [-0.2, -0.15) is 13.2 Å². The molecule has 0 aliphatic rings. The van der Waals surface area contributed by atoms with E-state index in [1.54, 1.807) is 19.3 Å². The fraction of sp³-hybridized carbons (Fsp3) is 0.148. The number of benzene rings is 3. The summed E-state index contributed by atoms with van der Waals surface area (Å²) in [7, 11) is 1.53. The molecule has 0 radical (unpaired) electrons. The van der Waals surface area contributed by atoms with Crippen molar-refractivity contribution in [3.8, 4) is 16.9 Å². The predicted octanol–water partition coefficient (Wildman–Crippen LogP) is 7.48. The average Bonchev–Trinajstić information content (AvgIpc) is 3.21. The molecule has 0 bridgehead atoms. The predicted molar refractivity (Wildman–Crippen MR) is 127 cm³/mol. The molecular weight excluding hydrogens is 443 g/mol. The second kappa shape index (κ2) is 9.09. The van der Waals surface area contributed by atoms with Crippen molar-refractivity contribution in [2.24, 2.45) is 0 Å². The number of aryl methyl sites for hydroxylation is 1. The highest BCUT2D eigenvalue weighted by Gasteiger charge is 2.30. The summed E-state index contributed by atoms with van der Waals surface area (Å²) < 4.78 is 49.5. The van der Waals surface area contributed by atoms with Crippen LogP contribution < -0.4 is 10.1 Å². The SMILES string of the molecule is COc1cc2occ(-c3ccc(C)cc3)c2cc1/C(C)=C/C(=O)Nc1ccc(C(F)(F)F)cc1. The van der Waals surface area contributed by atoms with Gasteiger partial charge in [0, 0.05) is 34.3 Å². The molecule has 1 aromatic heterocycles. The van der Waals surface area contributed by atoms with Crippen molar-refractivity contribution in [2.75, 3.05) is 12.4 Å². The smallest absolute Gasteiger partial charge is 0.416 e. The van der Waals surface area contributed by atoms with Crippen LogP contribution in [0, 0.1) is 6.92 Å². The number of carbonyl (C=O) groups excluding carboxylic acids is 1. The fourth-order valence-corrected chi connectivity index (χ4v) is 3.68. The number of fused-ring (bicyclic) bond motifs is 1. The van der Waals surface area contributed by atoms with E-state index in [4.69, 9.17) is 9.15 Å².